The van der Waals surface area contributed by atoms with Crippen LogP contribution in [-0.2, 0) is 4.79 Å². The number of hydrogen-bond donors (Lipinski definition) is 2. The fraction of sp³-hybridized carbons (Fsp3) is 0.636. The predicted molar refractivity (Wildman–Crippen MR) is 64.5 cm³/mol. The van der Waals surface area contributed by atoms with Crippen LogP contribution in [0.3, 0.4) is 0 Å². The van der Waals surface area contributed by atoms with E-state index >= 15 is 0 Å². The molecule has 2 atom stereocenters. The molecule has 0 aliphatic carbocycles. The van der Waals surface area contributed by atoms with Gasteiger partial charge in [-0.1, -0.05) is 6.92 Å². The van der Waals surface area contributed by atoms with Crippen LogP contribution in [0.15, 0.2) is 11.6 Å². The Bertz CT molecular complexity index is 333. The molecular formula is C11H17N3OS. The van der Waals surface area contributed by atoms with E-state index in [1.165, 1.54) is 0 Å². The molecule has 1 fully saturated rings. The molecule has 1 saturated heterocycles. The van der Waals surface area contributed by atoms with Crippen molar-refractivity contribution in [1.29, 1.82) is 0 Å². The second-order valence-corrected chi connectivity index (χ2v) is 5.13. The van der Waals surface area contributed by atoms with Gasteiger partial charge in [-0.05, 0) is 13.0 Å². The molecule has 0 spiro atoms. The molecule has 0 saturated carbocycles. The highest BCUT2D eigenvalue weighted by Gasteiger charge is 2.22. The Labute approximate surface area is 99.5 Å². The van der Waals surface area contributed by atoms with Gasteiger partial charge in [-0.3, -0.25) is 4.79 Å². The minimum Gasteiger partial charge on any atom is -0.355 e. The normalized spacial score (nSPS) is 21.9. The number of nitrogens with zero attached hydrogens (tertiary/aromatic N) is 1. The smallest absolute Gasteiger partial charge is 0.224 e. The summed E-state index contributed by atoms with van der Waals surface area (Å²) >= 11 is 1.64. The average Bonchev–Trinajstić information content (AvgIpc) is 2.95. The zero-order chi connectivity index (χ0) is 11.4. The summed E-state index contributed by atoms with van der Waals surface area (Å²) in [4.78, 5) is 16.0. The van der Waals surface area contributed by atoms with Crippen LogP contribution in [0.4, 0.5) is 0 Å². The minimum absolute atomic E-state index is 0.156. The first-order valence-corrected chi connectivity index (χ1v) is 6.53. The van der Waals surface area contributed by atoms with E-state index in [4.69, 9.17) is 0 Å². The third kappa shape index (κ3) is 2.80. The van der Waals surface area contributed by atoms with E-state index in [-0.39, 0.29) is 11.8 Å². The Morgan fingerprint density at radius 1 is 1.81 bits per heavy atom. The summed E-state index contributed by atoms with van der Waals surface area (Å²) in [6, 6.07) is 0. The second kappa shape index (κ2) is 5.41. The molecule has 4 nitrogen and oxygen atoms in total. The van der Waals surface area contributed by atoms with Crippen molar-refractivity contribution in [3.8, 4) is 0 Å². The molecule has 2 heterocycles. The number of carbonyl (C=O) groups is 1. The molecular weight excluding hydrogens is 222 g/mol. The lowest BCUT2D eigenvalue weighted by atomic mass is 10.1. The quantitative estimate of drug-likeness (QED) is 0.823. The van der Waals surface area contributed by atoms with Gasteiger partial charge in [0.25, 0.3) is 0 Å². The van der Waals surface area contributed by atoms with Gasteiger partial charge in [0.05, 0.1) is 10.9 Å². The average molecular weight is 239 g/mol. The topological polar surface area (TPSA) is 54.0 Å². The Kier molecular flexibility index (Phi) is 3.90. The SMILES string of the molecule is CC(CNC(=O)C1CCNC1)c1nccs1. The van der Waals surface area contributed by atoms with Gasteiger partial charge in [0.1, 0.15) is 0 Å². The van der Waals surface area contributed by atoms with Crippen molar-refractivity contribution in [2.75, 3.05) is 19.6 Å². The first-order valence-electron chi connectivity index (χ1n) is 5.65. The second-order valence-electron chi connectivity index (χ2n) is 4.21. The van der Waals surface area contributed by atoms with Crippen molar-refractivity contribution in [3.05, 3.63) is 16.6 Å². The van der Waals surface area contributed by atoms with Gasteiger partial charge in [0.15, 0.2) is 0 Å². The molecule has 5 heteroatoms. The number of nitrogens with one attached hydrogen (secondary N) is 2. The van der Waals surface area contributed by atoms with Crippen molar-refractivity contribution >= 4 is 17.2 Å². The van der Waals surface area contributed by atoms with E-state index in [9.17, 15) is 4.79 Å². The van der Waals surface area contributed by atoms with Gasteiger partial charge in [0.2, 0.25) is 5.91 Å². The lowest BCUT2D eigenvalue weighted by molar-refractivity contribution is -0.124. The van der Waals surface area contributed by atoms with E-state index in [0.29, 0.717) is 12.5 Å². The fourth-order valence-corrected chi connectivity index (χ4v) is 2.54. The van der Waals surface area contributed by atoms with Crippen LogP contribution in [0.25, 0.3) is 0 Å². The summed E-state index contributed by atoms with van der Waals surface area (Å²) in [6.45, 7) is 4.55. The van der Waals surface area contributed by atoms with Crippen LogP contribution in [0.1, 0.15) is 24.3 Å². The molecule has 16 heavy (non-hydrogen) atoms. The molecule has 1 aromatic rings. The van der Waals surface area contributed by atoms with Gasteiger partial charge >= 0.3 is 0 Å². The summed E-state index contributed by atoms with van der Waals surface area (Å²) in [5.74, 6) is 0.634. The van der Waals surface area contributed by atoms with Crippen LogP contribution in [0, 0.1) is 5.92 Å². The number of thiazole rings is 1. The zero-order valence-electron chi connectivity index (χ0n) is 9.40. The molecule has 2 rings (SSSR count). The van der Waals surface area contributed by atoms with Crippen LogP contribution >= 0.6 is 11.3 Å². The molecule has 1 amide bonds. The van der Waals surface area contributed by atoms with Gasteiger partial charge in [-0.15, -0.1) is 11.3 Å². The van der Waals surface area contributed by atoms with Crippen LogP contribution in [-0.4, -0.2) is 30.5 Å². The van der Waals surface area contributed by atoms with Gasteiger partial charge in [0, 0.05) is 30.6 Å². The standard InChI is InChI=1S/C11H17N3OS/c1-8(11-13-4-5-16-11)6-14-10(15)9-2-3-12-7-9/h4-5,8-9,12H,2-3,6-7H2,1H3,(H,14,15). The first-order chi connectivity index (χ1) is 7.77. The summed E-state index contributed by atoms with van der Waals surface area (Å²) in [7, 11) is 0. The van der Waals surface area contributed by atoms with Crippen molar-refractivity contribution in [2.24, 2.45) is 5.92 Å². The molecule has 1 aliphatic heterocycles. The van der Waals surface area contributed by atoms with Gasteiger partial charge in [-0.2, -0.15) is 0 Å². The number of rotatable bonds is 4. The molecule has 0 radical (unpaired) electrons. The van der Waals surface area contributed by atoms with Crippen LogP contribution < -0.4 is 10.6 Å². The fourth-order valence-electron chi connectivity index (χ4n) is 1.84. The van der Waals surface area contributed by atoms with Crippen molar-refractivity contribution in [2.45, 2.75) is 19.3 Å². The maximum atomic E-state index is 11.8. The van der Waals surface area contributed by atoms with Gasteiger partial charge < -0.3 is 10.6 Å². The van der Waals surface area contributed by atoms with E-state index in [2.05, 4.69) is 22.5 Å². The third-order valence-corrected chi connectivity index (χ3v) is 3.89. The molecule has 2 N–H and O–H groups in total. The largest absolute Gasteiger partial charge is 0.355 e. The molecule has 2 unspecified atom stereocenters. The van der Waals surface area contributed by atoms with Crippen LogP contribution in [0.2, 0.25) is 0 Å². The lowest BCUT2D eigenvalue weighted by Crippen LogP contribution is -2.34. The molecule has 1 aliphatic rings. The summed E-state index contributed by atoms with van der Waals surface area (Å²) < 4.78 is 0. The maximum absolute atomic E-state index is 11.8. The highest BCUT2D eigenvalue weighted by Crippen LogP contribution is 2.16. The number of aromatic nitrogens is 1. The van der Waals surface area contributed by atoms with Gasteiger partial charge in [-0.25, -0.2) is 4.98 Å². The molecule has 1 aromatic heterocycles. The zero-order valence-corrected chi connectivity index (χ0v) is 10.2. The number of amides is 1. The maximum Gasteiger partial charge on any atom is 0.224 e. The van der Waals surface area contributed by atoms with Crippen molar-refractivity contribution < 1.29 is 4.79 Å². The van der Waals surface area contributed by atoms with E-state index < -0.39 is 0 Å². The van der Waals surface area contributed by atoms with E-state index in [1.54, 1.807) is 17.5 Å². The van der Waals surface area contributed by atoms with E-state index in [1.807, 2.05) is 5.38 Å². The number of hydrogen-bond acceptors (Lipinski definition) is 4. The summed E-state index contributed by atoms with van der Waals surface area (Å²) in [5.41, 5.74) is 0. The van der Waals surface area contributed by atoms with Crippen molar-refractivity contribution in [1.82, 2.24) is 15.6 Å². The molecule has 0 bridgehead atoms. The minimum atomic E-state index is 0.156. The number of carbonyl (C=O) groups excluding carboxylic acids is 1. The Balaban J connectivity index is 1.76. The third-order valence-electron chi connectivity index (χ3n) is 2.89. The molecule has 88 valence electrons. The summed E-state index contributed by atoms with van der Waals surface area (Å²) in [5, 5.41) is 9.25. The van der Waals surface area contributed by atoms with Crippen LogP contribution in [0.5, 0.6) is 0 Å². The predicted octanol–water partition coefficient (Wildman–Crippen LogP) is 0.972. The summed E-state index contributed by atoms with van der Waals surface area (Å²) in [6.07, 6.45) is 2.76. The van der Waals surface area contributed by atoms with Crippen molar-refractivity contribution in [3.63, 3.8) is 0 Å². The van der Waals surface area contributed by atoms with E-state index in [0.717, 1.165) is 24.5 Å². The Morgan fingerprint density at radius 3 is 3.31 bits per heavy atom. The Morgan fingerprint density at radius 2 is 2.69 bits per heavy atom. The highest BCUT2D eigenvalue weighted by molar-refractivity contribution is 7.09. The monoisotopic (exact) mass is 239 g/mol. The first kappa shape index (κ1) is 11.5. The highest BCUT2D eigenvalue weighted by atomic mass is 32.1. The Hall–Kier alpha value is -0.940. The molecule has 0 aromatic carbocycles. The lowest BCUT2D eigenvalue weighted by Gasteiger charge is -2.13.